The first-order valence-corrected chi connectivity index (χ1v) is 11.0. The van der Waals surface area contributed by atoms with E-state index in [1.807, 2.05) is 0 Å². The summed E-state index contributed by atoms with van der Waals surface area (Å²) in [5.41, 5.74) is -4.10. The summed E-state index contributed by atoms with van der Waals surface area (Å²) in [6.45, 7) is -0.178. The molecule has 33 heavy (non-hydrogen) atoms. The van der Waals surface area contributed by atoms with Crippen LogP contribution in [0.4, 0.5) is 23.7 Å². The molecule has 3 amide bonds. The smallest absolute Gasteiger partial charge is 0.497 e. The molecule has 4 rings (SSSR count). The van der Waals surface area contributed by atoms with E-state index in [1.165, 1.54) is 12.0 Å². The largest absolute Gasteiger partial charge is 0.501 e. The molecule has 1 aromatic heterocycles. The lowest BCUT2D eigenvalue weighted by Crippen LogP contribution is -2.33. The summed E-state index contributed by atoms with van der Waals surface area (Å²) in [7, 11) is -4.02. The molecule has 1 aliphatic heterocycles. The van der Waals surface area contributed by atoms with Gasteiger partial charge in [0.2, 0.25) is 0 Å². The highest BCUT2D eigenvalue weighted by molar-refractivity contribution is 7.92. The average Bonchev–Trinajstić information content (AvgIpc) is 3.05. The molecule has 8 nitrogen and oxygen atoms in total. The number of imide groups is 1. The van der Waals surface area contributed by atoms with Crippen molar-refractivity contribution < 1.29 is 35.9 Å². The van der Waals surface area contributed by atoms with Gasteiger partial charge in [0, 0.05) is 18.1 Å². The van der Waals surface area contributed by atoms with E-state index in [-0.39, 0.29) is 18.8 Å². The highest BCUT2D eigenvalue weighted by atomic mass is 32.2. The molecule has 1 fully saturated rings. The number of fused-ring (bicyclic) bond motifs is 1. The van der Waals surface area contributed by atoms with Gasteiger partial charge in [0.25, 0.3) is 15.7 Å². The van der Waals surface area contributed by atoms with Crippen LogP contribution in [0, 0.1) is 0 Å². The molecule has 2 aromatic carbocycles. The van der Waals surface area contributed by atoms with E-state index in [1.54, 1.807) is 30.5 Å². The fourth-order valence-corrected chi connectivity index (χ4v) is 4.25. The summed E-state index contributed by atoms with van der Waals surface area (Å²) in [4.78, 5) is 30.8. The van der Waals surface area contributed by atoms with Crippen LogP contribution in [0.2, 0.25) is 0 Å². The molecule has 1 aliphatic rings. The number of nitrogens with zero attached hydrogens (tertiary/aromatic N) is 3. The second-order valence-corrected chi connectivity index (χ2v) is 9.11. The number of benzene rings is 2. The van der Waals surface area contributed by atoms with Crippen LogP contribution >= 0.6 is 0 Å². The standard InChI is InChI=1S/C21H16F3N3O5S/c1-32-15-4-7-18-17(10-15)13(8-9-25-18)11-26-12-19(28)27(20(26)29)14-2-5-16(6-3-14)33(30,31)21(22,23)24/h2-10H,11-12H2,1H3. The van der Waals surface area contributed by atoms with Crippen LogP contribution in [0.3, 0.4) is 0 Å². The maximum atomic E-state index is 12.9. The first-order valence-electron chi connectivity index (χ1n) is 9.48. The molecule has 1 saturated heterocycles. The lowest BCUT2D eigenvalue weighted by Gasteiger charge is -2.18. The minimum Gasteiger partial charge on any atom is -0.497 e. The predicted octanol–water partition coefficient (Wildman–Crippen LogP) is 3.51. The number of rotatable bonds is 5. The Balaban J connectivity index is 1.60. The van der Waals surface area contributed by atoms with Crippen LogP contribution in [0.1, 0.15) is 5.56 Å². The van der Waals surface area contributed by atoms with Gasteiger partial charge in [-0.15, -0.1) is 0 Å². The summed E-state index contributed by atoms with van der Waals surface area (Å²) in [6, 6.07) is 9.70. The summed E-state index contributed by atoms with van der Waals surface area (Å²) in [6.07, 6.45) is 1.57. The Hall–Kier alpha value is -3.67. The first kappa shape index (κ1) is 22.5. The zero-order valence-electron chi connectivity index (χ0n) is 17.0. The molecular formula is C21H16F3N3O5S. The van der Waals surface area contributed by atoms with Crippen LogP contribution in [0.15, 0.2) is 59.6 Å². The van der Waals surface area contributed by atoms with Gasteiger partial charge >= 0.3 is 11.5 Å². The first-order chi connectivity index (χ1) is 15.5. The maximum absolute atomic E-state index is 12.9. The van der Waals surface area contributed by atoms with Crippen molar-refractivity contribution in [3.63, 3.8) is 0 Å². The van der Waals surface area contributed by atoms with Crippen molar-refractivity contribution in [1.82, 2.24) is 9.88 Å². The third-order valence-electron chi connectivity index (χ3n) is 5.15. The molecule has 0 radical (unpaired) electrons. The molecule has 12 heteroatoms. The number of aromatic nitrogens is 1. The van der Waals surface area contributed by atoms with Gasteiger partial charge in [-0.05, 0) is 54.1 Å². The number of anilines is 1. The number of sulfone groups is 1. The number of ether oxygens (including phenoxy) is 1. The van der Waals surface area contributed by atoms with Crippen molar-refractivity contribution in [2.24, 2.45) is 0 Å². The van der Waals surface area contributed by atoms with E-state index >= 15 is 0 Å². The van der Waals surface area contributed by atoms with Gasteiger partial charge in [0.15, 0.2) is 0 Å². The van der Waals surface area contributed by atoms with Crippen LogP contribution in [-0.2, 0) is 21.2 Å². The minimum absolute atomic E-state index is 0.0325. The van der Waals surface area contributed by atoms with Gasteiger partial charge in [-0.1, -0.05) is 0 Å². The van der Waals surface area contributed by atoms with Crippen molar-refractivity contribution in [2.45, 2.75) is 16.9 Å². The molecule has 0 unspecified atom stereocenters. The Kier molecular flexibility index (Phi) is 5.48. The molecule has 172 valence electrons. The fourth-order valence-electron chi connectivity index (χ4n) is 3.49. The topological polar surface area (TPSA) is 96.9 Å². The molecule has 0 aliphatic carbocycles. The van der Waals surface area contributed by atoms with Gasteiger partial charge in [0.05, 0.1) is 23.2 Å². The molecule has 0 spiro atoms. The second kappa shape index (κ2) is 8.03. The molecule has 0 saturated carbocycles. The monoisotopic (exact) mass is 479 g/mol. The van der Waals surface area contributed by atoms with E-state index in [0.717, 1.165) is 22.4 Å². The Morgan fingerprint density at radius 1 is 1.06 bits per heavy atom. The minimum atomic E-state index is -5.54. The van der Waals surface area contributed by atoms with E-state index in [2.05, 4.69) is 4.98 Å². The van der Waals surface area contributed by atoms with Crippen LogP contribution < -0.4 is 9.64 Å². The lowest BCUT2D eigenvalue weighted by atomic mass is 10.1. The number of amides is 3. The van der Waals surface area contributed by atoms with Crippen LogP contribution in [0.25, 0.3) is 10.9 Å². The number of halogens is 3. The number of hydrogen-bond donors (Lipinski definition) is 0. The number of alkyl halides is 3. The maximum Gasteiger partial charge on any atom is 0.501 e. The number of methoxy groups -OCH3 is 1. The van der Waals surface area contributed by atoms with E-state index in [0.29, 0.717) is 29.0 Å². The van der Waals surface area contributed by atoms with Gasteiger partial charge in [-0.25, -0.2) is 18.1 Å². The summed E-state index contributed by atoms with van der Waals surface area (Å²) in [5.74, 6) is -0.00142. The normalized spacial score (nSPS) is 14.9. The summed E-state index contributed by atoms with van der Waals surface area (Å²) >= 11 is 0. The van der Waals surface area contributed by atoms with Crippen molar-refractivity contribution in [2.75, 3.05) is 18.6 Å². The van der Waals surface area contributed by atoms with Crippen molar-refractivity contribution in [3.05, 3.63) is 60.3 Å². The fraction of sp³-hybridized carbons (Fsp3) is 0.190. The van der Waals surface area contributed by atoms with Gasteiger partial charge < -0.3 is 9.64 Å². The Bertz CT molecular complexity index is 1360. The zero-order valence-corrected chi connectivity index (χ0v) is 17.9. The van der Waals surface area contributed by atoms with Crippen LogP contribution in [0.5, 0.6) is 5.75 Å². The number of carbonyl (C=O) groups is 2. The predicted molar refractivity (Wildman–Crippen MR) is 111 cm³/mol. The second-order valence-electron chi connectivity index (χ2n) is 7.16. The molecule has 3 aromatic rings. The molecule has 0 N–H and O–H groups in total. The zero-order chi connectivity index (χ0) is 24.0. The Morgan fingerprint density at radius 2 is 1.76 bits per heavy atom. The van der Waals surface area contributed by atoms with E-state index in [9.17, 15) is 31.2 Å². The van der Waals surface area contributed by atoms with Gasteiger partial charge in [-0.3, -0.25) is 9.78 Å². The highest BCUT2D eigenvalue weighted by Crippen LogP contribution is 2.32. The summed E-state index contributed by atoms with van der Waals surface area (Å²) < 4.78 is 66.5. The molecule has 0 atom stereocenters. The third-order valence-corrected chi connectivity index (χ3v) is 6.65. The Morgan fingerprint density at radius 3 is 2.39 bits per heavy atom. The van der Waals surface area contributed by atoms with E-state index in [4.69, 9.17) is 4.74 Å². The van der Waals surface area contributed by atoms with Gasteiger partial charge in [-0.2, -0.15) is 13.2 Å². The van der Waals surface area contributed by atoms with Crippen LogP contribution in [-0.4, -0.2) is 49.4 Å². The van der Waals surface area contributed by atoms with Gasteiger partial charge in [0.1, 0.15) is 12.3 Å². The number of pyridine rings is 1. The SMILES string of the molecule is COc1ccc2nccc(CN3CC(=O)N(c4ccc(S(=O)(=O)C(F)(F)F)cc4)C3=O)c2c1. The van der Waals surface area contributed by atoms with E-state index < -0.39 is 32.2 Å². The number of urea groups is 1. The molecular weight excluding hydrogens is 463 g/mol. The Labute approximate surface area is 186 Å². The third kappa shape index (κ3) is 3.97. The van der Waals surface area contributed by atoms with Crippen molar-refractivity contribution in [3.8, 4) is 5.75 Å². The number of carbonyl (C=O) groups excluding carboxylic acids is 2. The lowest BCUT2D eigenvalue weighted by molar-refractivity contribution is -0.116. The average molecular weight is 479 g/mol. The quantitative estimate of drug-likeness (QED) is 0.520. The molecule has 0 bridgehead atoms. The summed E-state index contributed by atoms with van der Waals surface area (Å²) in [5, 5.41) is 0.734. The number of hydrogen-bond acceptors (Lipinski definition) is 6. The van der Waals surface area contributed by atoms with Crippen molar-refractivity contribution >= 4 is 38.4 Å². The molecule has 2 heterocycles. The highest BCUT2D eigenvalue weighted by Gasteiger charge is 2.47. The van der Waals surface area contributed by atoms with Crippen molar-refractivity contribution in [1.29, 1.82) is 0 Å².